The average molecular weight is 447 g/mol. The monoisotopic (exact) mass is 446 g/mol. The topological polar surface area (TPSA) is 78.7 Å². The highest BCUT2D eigenvalue weighted by Gasteiger charge is 2.13. The van der Waals surface area contributed by atoms with E-state index in [0.29, 0.717) is 0 Å². The summed E-state index contributed by atoms with van der Waals surface area (Å²) in [6.07, 6.45) is 0. The molecular weight excluding hydrogens is 400 g/mol. The van der Waals surface area contributed by atoms with E-state index in [1.165, 1.54) is 11.1 Å². The second kappa shape index (κ2) is 16.5. The van der Waals surface area contributed by atoms with Gasteiger partial charge in [0, 0.05) is 118 Å². The first-order valence-corrected chi connectivity index (χ1v) is 12.7. The zero-order chi connectivity index (χ0) is 22.1. The zero-order valence-corrected chi connectivity index (χ0v) is 19.9. The second-order valence-electron chi connectivity index (χ2n) is 8.82. The van der Waals surface area contributed by atoms with Crippen LogP contribution in [0.2, 0.25) is 0 Å². The van der Waals surface area contributed by atoms with Crippen LogP contribution in [-0.2, 0) is 13.1 Å². The highest BCUT2D eigenvalue weighted by atomic mass is 15.2. The standard InChI is InChI=1S/C24H46N8/c1-2-4-24(22-32-19-15-29-11-7-26-8-12-30-16-20-32)23(3-1)21-31-17-13-27-9-5-25-6-10-28-14-18-31/h1-4,25-30H,5-22H2. The van der Waals surface area contributed by atoms with Gasteiger partial charge in [-0.1, -0.05) is 24.3 Å². The average Bonchev–Trinajstić information content (AvgIpc) is 2.78. The third-order valence-electron chi connectivity index (χ3n) is 6.24. The first kappa shape index (κ1) is 25.5. The van der Waals surface area contributed by atoms with Gasteiger partial charge in [-0.15, -0.1) is 0 Å². The van der Waals surface area contributed by atoms with E-state index in [4.69, 9.17) is 0 Å². The quantitative estimate of drug-likeness (QED) is 0.347. The van der Waals surface area contributed by atoms with Crippen molar-refractivity contribution in [3.8, 4) is 0 Å². The molecule has 2 saturated heterocycles. The van der Waals surface area contributed by atoms with Crippen LogP contribution in [0.25, 0.3) is 0 Å². The zero-order valence-electron chi connectivity index (χ0n) is 19.9. The maximum Gasteiger partial charge on any atom is 0.0238 e. The van der Waals surface area contributed by atoms with E-state index in [1.807, 2.05) is 0 Å². The van der Waals surface area contributed by atoms with Crippen LogP contribution < -0.4 is 31.9 Å². The fraction of sp³-hybridized carbons (Fsp3) is 0.750. The number of nitrogens with one attached hydrogen (secondary N) is 6. The number of hydrogen-bond donors (Lipinski definition) is 6. The van der Waals surface area contributed by atoms with Gasteiger partial charge in [0.15, 0.2) is 0 Å². The van der Waals surface area contributed by atoms with Crippen molar-refractivity contribution in [3.63, 3.8) is 0 Å². The lowest BCUT2D eigenvalue weighted by Crippen LogP contribution is -2.42. The largest absolute Gasteiger partial charge is 0.314 e. The van der Waals surface area contributed by atoms with Crippen molar-refractivity contribution >= 4 is 0 Å². The number of benzene rings is 1. The Kier molecular flexibility index (Phi) is 13.2. The predicted molar refractivity (Wildman–Crippen MR) is 134 cm³/mol. The van der Waals surface area contributed by atoms with Crippen LogP contribution in [0.4, 0.5) is 0 Å². The molecule has 32 heavy (non-hydrogen) atoms. The first-order valence-electron chi connectivity index (χ1n) is 12.7. The van der Waals surface area contributed by atoms with Gasteiger partial charge in [-0.3, -0.25) is 9.80 Å². The fourth-order valence-electron chi connectivity index (χ4n) is 4.29. The number of rotatable bonds is 4. The Labute approximate surface area is 195 Å². The maximum atomic E-state index is 3.58. The molecule has 1 aromatic rings. The van der Waals surface area contributed by atoms with E-state index in [2.05, 4.69) is 66.0 Å². The molecule has 182 valence electrons. The van der Waals surface area contributed by atoms with E-state index >= 15 is 0 Å². The van der Waals surface area contributed by atoms with Gasteiger partial charge in [0.05, 0.1) is 0 Å². The smallest absolute Gasteiger partial charge is 0.0238 e. The Bertz CT molecular complexity index is 524. The van der Waals surface area contributed by atoms with Crippen LogP contribution in [0, 0.1) is 0 Å². The summed E-state index contributed by atoms with van der Waals surface area (Å²) < 4.78 is 0. The van der Waals surface area contributed by atoms with Crippen molar-refractivity contribution in [2.24, 2.45) is 0 Å². The van der Waals surface area contributed by atoms with Crippen LogP contribution in [-0.4, -0.2) is 115 Å². The Balaban J connectivity index is 1.57. The molecule has 0 amide bonds. The maximum absolute atomic E-state index is 3.58. The highest BCUT2D eigenvalue weighted by molar-refractivity contribution is 5.27. The summed E-state index contributed by atoms with van der Waals surface area (Å²) >= 11 is 0. The molecule has 0 spiro atoms. The normalized spacial score (nSPS) is 22.8. The molecule has 2 aliphatic rings. The van der Waals surface area contributed by atoms with Crippen LogP contribution in [0.1, 0.15) is 11.1 Å². The molecule has 8 heteroatoms. The van der Waals surface area contributed by atoms with Gasteiger partial charge in [-0.2, -0.15) is 0 Å². The van der Waals surface area contributed by atoms with Crippen molar-refractivity contribution in [3.05, 3.63) is 35.4 Å². The highest BCUT2D eigenvalue weighted by Crippen LogP contribution is 2.14. The Morgan fingerprint density at radius 3 is 1.03 bits per heavy atom. The van der Waals surface area contributed by atoms with Crippen LogP contribution in [0.5, 0.6) is 0 Å². The number of hydrogen-bond acceptors (Lipinski definition) is 8. The van der Waals surface area contributed by atoms with Crippen LogP contribution >= 0.6 is 0 Å². The van der Waals surface area contributed by atoms with E-state index in [-0.39, 0.29) is 0 Å². The molecule has 0 bridgehead atoms. The fourth-order valence-corrected chi connectivity index (χ4v) is 4.29. The van der Waals surface area contributed by atoms with Crippen molar-refractivity contribution in [2.45, 2.75) is 13.1 Å². The summed E-state index contributed by atoms with van der Waals surface area (Å²) in [5.74, 6) is 0. The van der Waals surface area contributed by atoms with Gasteiger partial charge in [0.2, 0.25) is 0 Å². The number of nitrogens with zero attached hydrogens (tertiary/aromatic N) is 2. The minimum Gasteiger partial charge on any atom is -0.314 e. The van der Waals surface area contributed by atoms with Gasteiger partial charge in [0.1, 0.15) is 0 Å². The minimum atomic E-state index is 1.02. The molecule has 3 rings (SSSR count). The van der Waals surface area contributed by atoms with E-state index in [0.717, 1.165) is 118 Å². The minimum absolute atomic E-state index is 1.02. The summed E-state index contributed by atoms with van der Waals surface area (Å²) in [5.41, 5.74) is 2.94. The lowest BCUT2D eigenvalue weighted by Gasteiger charge is -2.27. The van der Waals surface area contributed by atoms with Crippen molar-refractivity contribution in [2.75, 3.05) is 105 Å². The molecule has 8 nitrogen and oxygen atoms in total. The Hall–Kier alpha value is -1.10. The molecule has 0 aliphatic carbocycles. The first-order chi connectivity index (χ1) is 15.9. The second-order valence-corrected chi connectivity index (χ2v) is 8.82. The summed E-state index contributed by atoms with van der Waals surface area (Å²) in [7, 11) is 0. The van der Waals surface area contributed by atoms with Gasteiger partial charge in [-0.05, 0) is 11.1 Å². The summed E-state index contributed by atoms with van der Waals surface area (Å²) in [6.45, 7) is 18.9. The van der Waals surface area contributed by atoms with Gasteiger partial charge < -0.3 is 31.9 Å². The summed E-state index contributed by atoms with van der Waals surface area (Å²) in [5, 5.41) is 21.3. The molecule has 2 heterocycles. The molecule has 1 aromatic carbocycles. The summed E-state index contributed by atoms with van der Waals surface area (Å²) in [6, 6.07) is 9.05. The molecular formula is C24H46N8. The third kappa shape index (κ3) is 10.7. The van der Waals surface area contributed by atoms with Gasteiger partial charge in [-0.25, -0.2) is 0 Å². The van der Waals surface area contributed by atoms with E-state index < -0.39 is 0 Å². The SMILES string of the molecule is c1ccc(CN2CCNCCNCCNCC2)c(CN2CCNCCNCCNCC2)c1. The lowest BCUT2D eigenvalue weighted by atomic mass is 10.1. The van der Waals surface area contributed by atoms with E-state index in [9.17, 15) is 0 Å². The van der Waals surface area contributed by atoms with Crippen LogP contribution in [0.15, 0.2) is 24.3 Å². The predicted octanol–water partition coefficient (Wildman–Crippen LogP) is -1.14. The summed E-state index contributed by atoms with van der Waals surface area (Å²) in [4.78, 5) is 5.20. The molecule has 2 aliphatic heterocycles. The molecule has 0 atom stereocenters. The van der Waals surface area contributed by atoms with Gasteiger partial charge >= 0.3 is 0 Å². The molecule has 0 unspecified atom stereocenters. The lowest BCUT2D eigenvalue weighted by molar-refractivity contribution is 0.250. The third-order valence-corrected chi connectivity index (χ3v) is 6.24. The van der Waals surface area contributed by atoms with Gasteiger partial charge in [0.25, 0.3) is 0 Å². The molecule has 0 aromatic heterocycles. The van der Waals surface area contributed by atoms with Crippen molar-refractivity contribution in [1.29, 1.82) is 0 Å². The van der Waals surface area contributed by atoms with Crippen molar-refractivity contribution < 1.29 is 0 Å². The molecule has 2 fully saturated rings. The molecule has 0 saturated carbocycles. The van der Waals surface area contributed by atoms with Crippen LogP contribution in [0.3, 0.4) is 0 Å². The van der Waals surface area contributed by atoms with Crippen molar-refractivity contribution in [1.82, 2.24) is 41.7 Å². The Morgan fingerprint density at radius 1 is 0.438 bits per heavy atom. The molecule has 6 N–H and O–H groups in total. The Morgan fingerprint density at radius 2 is 0.719 bits per heavy atom. The van der Waals surface area contributed by atoms with E-state index in [1.54, 1.807) is 0 Å². The molecule has 0 radical (unpaired) electrons.